The van der Waals surface area contributed by atoms with Crippen LogP contribution in [0.25, 0.3) is 0 Å². The Bertz CT molecular complexity index is 339. The van der Waals surface area contributed by atoms with Gasteiger partial charge in [-0.1, -0.05) is 32.5 Å². The zero-order valence-corrected chi connectivity index (χ0v) is 12.3. The average molecular weight is 268 g/mol. The first-order valence-corrected chi connectivity index (χ1v) is 7.84. The van der Waals surface area contributed by atoms with Gasteiger partial charge in [-0.15, -0.1) is 0 Å². The molecule has 0 aromatic carbocycles. The van der Waals surface area contributed by atoms with Gasteiger partial charge in [0.25, 0.3) is 0 Å². The maximum absolute atomic E-state index is 4.24. The predicted octanol–water partition coefficient (Wildman–Crippen LogP) is 2.70. The van der Waals surface area contributed by atoms with Crippen molar-refractivity contribution in [3.63, 3.8) is 0 Å². The molecule has 4 nitrogen and oxygen atoms in total. The molecule has 0 aliphatic heterocycles. The van der Waals surface area contributed by atoms with Gasteiger partial charge < -0.3 is 5.32 Å². The molecule has 1 saturated carbocycles. The van der Waals surface area contributed by atoms with Gasteiger partial charge in [-0.05, 0) is 37.6 Å². The number of aromatic amines is 1. The van der Waals surface area contributed by atoms with Crippen LogP contribution in [0.15, 0.2) is 11.5 Å². The fourth-order valence-corrected chi connectivity index (χ4v) is 4.03. The summed E-state index contributed by atoms with van der Waals surface area (Å²) < 4.78 is 0. The van der Waals surface area contributed by atoms with E-state index in [4.69, 9.17) is 0 Å². The van der Waals surface area contributed by atoms with E-state index in [0.717, 1.165) is 23.5 Å². The van der Waals surface area contributed by atoms with Crippen molar-refractivity contribution < 1.29 is 0 Å². The normalized spacial score (nSPS) is 28.8. The van der Waals surface area contributed by atoms with Gasteiger partial charge in [-0.3, -0.25) is 5.10 Å². The van der Waals surface area contributed by atoms with Crippen molar-refractivity contribution in [2.75, 3.05) is 6.54 Å². The highest BCUT2D eigenvalue weighted by Crippen LogP contribution is 2.37. The molecule has 1 aliphatic carbocycles. The first kappa shape index (κ1) is 13.9. The number of hydrogen-bond acceptors (Lipinski definition) is 4. The van der Waals surface area contributed by atoms with E-state index < -0.39 is 0 Å². The number of nitrogens with zero attached hydrogens (tertiary/aromatic N) is 2. The minimum atomic E-state index is 0.610. The predicted molar refractivity (Wildman–Crippen MR) is 75.7 cm³/mol. The summed E-state index contributed by atoms with van der Waals surface area (Å²) in [5.74, 6) is 1.63. The fraction of sp³-hybridized carbons (Fsp3) is 0.846. The lowest BCUT2D eigenvalue weighted by atomic mass is 9.79. The van der Waals surface area contributed by atoms with E-state index in [1.165, 1.54) is 19.3 Å². The molecule has 1 aromatic rings. The molecule has 18 heavy (non-hydrogen) atoms. The summed E-state index contributed by atoms with van der Waals surface area (Å²) in [4.78, 5) is 4.24. The molecule has 5 heteroatoms. The van der Waals surface area contributed by atoms with Gasteiger partial charge >= 0.3 is 0 Å². The monoisotopic (exact) mass is 268 g/mol. The molecule has 0 spiro atoms. The summed E-state index contributed by atoms with van der Waals surface area (Å²) in [5.41, 5.74) is 0. The maximum atomic E-state index is 4.24. The lowest BCUT2D eigenvalue weighted by Gasteiger charge is -2.37. The third kappa shape index (κ3) is 3.48. The Kier molecular flexibility index (Phi) is 5.06. The molecule has 0 saturated heterocycles. The van der Waals surface area contributed by atoms with Gasteiger partial charge in [0.1, 0.15) is 6.33 Å². The van der Waals surface area contributed by atoms with Crippen molar-refractivity contribution in [3.05, 3.63) is 6.33 Å². The van der Waals surface area contributed by atoms with E-state index in [1.807, 2.05) is 11.8 Å². The Morgan fingerprint density at radius 1 is 1.50 bits per heavy atom. The molecule has 1 aromatic heterocycles. The van der Waals surface area contributed by atoms with Crippen LogP contribution in [-0.4, -0.2) is 33.0 Å². The Morgan fingerprint density at radius 3 is 2.94 bits per heavy atom. The summed E-state index contributed by atoms with van der Waals surface area (Å²) in [6.45, 7) is 7.91. The molecular weight excluding hydrogens is 244 g/mol. The highest BCUT2D eigenvalue weighted by Gasteiger charge is 2.32. The Balaban J connectivity index is 2.00. The van der Waals surface area contributed by atoms with Crippen molar-refractivity contribution in [2.24, 2.45) is 11.8 Å². The third-order valence-corrected chi connectivity index (χ3v) is 5.14. The number of rotatable bonds is 5. The lowest BCUT2D eigenvalue weighted by Crippen LogP contribution is -2.43. The van der Waals surface area contributed by atoms with Crippen LogP contribution in [0.1, 0.15) is 40.0 Å². The number of H-pyrrole nitrogens is 1. The van der Waals surface area contributed by atoms with Crippen LogP contribution >= 0.6 is 11.8 Å². The molecule has 3 unspecified atom stereocenters. The molecule has 1 heterocycles. The maximum Gasteiger partial charge on any atom is 0.183 e. The minimum absolute atomic E-state index is 0.610. The summed E-state index contributed by atoms with van der Waals surface area (Å²) in [7, 11) is 0. The van der Waals surface area contributed by atoms with Crippen LogP contribution in [0.5, 0.6) is 0 Å². The summed E-state index contributed by atoms with van der Waals surface area (Å²) in [5, 5.41) is 12.1. The van der Waals surface area contributed by atoms with Gasteiger partial charge in [0.05, 0.1) is 0 Å². The first-order valence-electron chi connectivity index (χ1n) is 6.96. The smallest absolute Gasteiger partial charge is 0.183 e. The van der Waals surface area contributed by atoms with Crippen molar-refractivity contribution in [1.82, 2.24) is 20.5 Å². The third-order valence-electron chi connectivity index (χ3n) is 3.90. The quantitative estimate of drug-likeness (QED) is 0.862. The van der Waals surface area contributed by atoms with Crippen LogP contribution < -0.4 is 5.32 Å². The number of aromatic nitrogens is 3. The first-order chi connectivity index (χ1) is 8.70. The van der Waals surface area contributed by atoms with Crippen LogP contribution in [0.3, 0.4) is 0 Å². The molecule has 0 radical (unpaired) electrons. The molecule has 3 atom stereocenters. The number of thioether (sulfide) groups is 1. The summed E-state index contributed by atoms with van der Waals surface area (Å²) >= 11 is 1.85. The van der Waals surface area contributed by atoms with Crippen LogP contribution in [0, 0.1) is 11.8 Å². The van der Waals surface area contributed by atoms with Gasteiger partial charge in [0.2, 0.25) is 0 Å². The Labute approximate surface area is 114 Å². The van der Waals surface area contributed by atoms with Crippen molar-refractivity contribution in [3.8, 4) is 0 Å². The molecule has 102 valence electrons. The van der Waals surface area contributed by atoms with E-state index in [9.17, 15) is 0 Å². The van der Waals surface area contributed by atoms with Crippen LogP contribution in [-0.2, 0) is 0 Å². The molecule has 1 aliphatic rings. The van der Waals surface area contributed by atoms with Crippen molar-refractivity contribution >= 4 is 11.8 Å². The second-order valence-electron chi connectivity index (χ2n) is 5.43. The van der Waals surface area contributed by atoms with E-state index in [0.29, 0.717) is 11.3 Å². The molecule has 0 bridgehead atoms. The number of hydrogen-bond donors (Lipinski definition) is 2. The topological polar surface area (TPSA) is 53.6 Å². The molecule has 2 rings (SSSR count). The Hall–Kier alpha value is -0.550. The second kappa shape index (κ2) is 6.57. The van der Waals surface area contributed by atoms with Crippen LogP contribution in [0.2, 0.25) is 0 Å². The molecular formula is C13H24N4S. The van der Waals surface area contributed by atoms with Gasteiger partial charge in [-0.25, -0.2) is 4.98 Å². The second-order valence-corrected chi connectivity index (χ2v) is 6.66. The fourth-order valence-electron chi connectivity index (χ4n) is 2.79. The average Bonchev–Trinajstić information content (AvgIpc) is 2.84. The van der Waals surface area contributed by atoms with Crippen molar-refractivity contribution in [2.45, 2.75) is 56.5 Å². The van der Waals surface area contributed by atoms with E-state index >= 15 is 0 Å². The van der Waals surface area contributed by atoms with Gasteiger partial charge in [0.15, 0.2) is 5.16 Å². The van der Waals surface area contributed by atoms with Crippen molar-refractivity contribution in [1.29, 1.82) is 0 Å². The molecule has 2 N–H and O–H groups in total. The molecule has 1 fully saturated rings. The molecule has 0 amide bonds. The highest BCUT2D eigenvalue weighted by atomic mass is 32.2. The minimum Gasteiger partial charge on any atom is -0.313 e. The largest absolute Gasteiger partial charge is 0.313 e. The summed E-state index contributed by atoms with van der Waals surface area (Å²) in [6, 6.07) is 0.611. The van der Waals surface area contributed by atoms with E-state index in [2.05, 4.69) is 41.3 Å². The van der Waals surface area contributed by atoms with Crippen LogP contribution in [0.4, 0.5) is 0 Å². The summed E-state index contributed by atoms with van der Waals surface area (Å²) in [6.07, 6.45) is 5.50. The standard InChI is InChI=1S/C13H24N4S/c1-4-14-11-6-5-10(9(2)3)7-12(11)18-13-15-8-16-17-13/h8-12,14H,4-7H2,1-3H3,(H,15,16,17). The SMILES string of the molecule is CCNC1CCC(C(C)C)CC1Sc1ncn[nH]1. The van der Waals surface area contributed by atoms with E-state index in [-0.39, 0.29) is 0 Å². The zero-order valence-electron chi connectivity index (χ0n) is 11.5. The van der Waals surface area contributed by atoms with E-state index in [1.54, 1.807) is 6.33 Å². The Morgan fingerprint density at radius 2 is 2.33 bits per heavy atom. The number of nitrogens with one attached hydrogen (secondary N) is 2. The van der Waals surface area contributed by atoms with Gasteiger partial charge in [-0.2, -0.15) is 5.10 Å². The zero-order chi connectivity index (χ0) is 13.0. The highest BCUT2D eigenvalue weighted by molar-refractivity contribution is 7.99. The lowest BCUT2D eigenvalue weighted by molar-refractivity contribution is 0.247. The van der Waals surface area contributed by atoms with Gasteiger partial charge in [0, 0.05) is 11.3 Å².